The monoisotopic (exact) mass is 664 g/mol. The van der Waals surface area contributed by atoms with Crippen LogP contribution >= 0.6 is 0 Å². The first kappa shape index (κ1) is 30.8. The van der Waals surface area contributed by atoms with Crippen LogP contribution in [-0.4, -0.2) is 8.07 Å². The van der Waals surface area contributed by atoms with Crippen LogP contribution < -0.4 is 20.7 Å². The molecule has 0 unspecified atom stereocenters. The van der Waals surface area contributed by atoms with Crippen molar-refractivity contribution in [2.75, 3.05) is 0 Å². The van der Waals surface area contributed by atoms with E-state index in [9.17, 15) is 0 Å². The normalized spacial score (nSPS) is 11.5. The van der Waals surface area contributed by atoms with Gasteiger partial charge in [-0.1, -0.05) is 212 Å². The predicted molar refractivity (Wildman–Crippen MR) is 221 cm³/mol. The quantitative estimate of drug-likeness (QED) is 0.0904. The summed E-state index contributed by atoms with van der Waals surface area (Å²) in [7, 11) is -2.60. The van der Waals surface area contributed by atoms with Gasteiger partial charge in [-0.25, -0.2) is 0 Å². The summed E-state index contributed by atoms with van der Waals surface area (Å²) in [6.07, 6.45) is 0. The second-order valence-corrected chi connectivity index (χ2v) is 17.0. The molecule has 240 valence electrons. The van der Waals surface area contributed by atoms with Crippen LogP contribution in [-0.2, 0) is 0 Å². The molecule has 0 aromatic heterocycles. The Bertz CT molecular complexity index is 2480. The first-order chi connectivity index (χ1) is 25.3. The molecule has 0 aliphatic carbocycles. The summed E-state index contributed by atoms with van der Waals surface area (Å²) in [4.78, 5) is 0. The third-order valence-electron chi connectivity index (χ3n) is 10.4. The fourth-order valence-corrected chi connectivity index (χ4v) is 12.9. The summed E-state index contributed by atoms with van der Waals surface area (Å²) in [5.74, 6) is 0. The molecule has 9 aromatic rings. The Morgan fingerprint density at radius 3 is 1.00 bits per heavy atom. The average Bonchev–Trinajstić information content (AvgIpc) is 3.22. The molecule has 0 saturated heterocycles. The molecular weight excluding hydrogens is 629 g/mol. The lowest BCUT2D eigenvalue weighted by Crippen LogP contribution is -2.74. The second kappa shape index (κ2) is 13.2. The maximum Gasteiger partial charge on any atom is 0.179 e. The van der Waals surface area contributed by atoms with E-state index in [0.717, 1.165) is 0 Å². The maximum absolute atomic E-state index is 2.60. The van der Waals surface area contributed by atoms with Gasteiger partial charge < -0.3 is 0 Å². The van der Waals surface area contributed by atoms with E-state index in [1.54, 1.807) is 0 Å². The van der Waals surface area contributed by atoms with E-state index in [2.05, 4.69) is 218 Å². The van der Waals surface area contributed by atoms with Gasteiger partial charge in [0.1, 0.15) is 0 Å². The minimum absolute atomic E-state index is 1.21. The van der Waals surface area contributed by atoms with Gasteiger partial charge in [-0.3, -0.25) is 0 Å². The highest BCUT2D eigenvalue weighted by atomic mass is 28.3. The van der Waals surface area contributed by atoms with Gasteiger partial charge in [0.2, 0.25) is 0 Å². The molecule has 1 heteroatoms. The topological polar surface area (TPSA) is 0 Å². The van der Waals surface area contributed by atoms with Crippen molar-refractivity contribution in [3.63, 3.8) is 0 Å². The van der Waals surface area contributed by atoms with Gasteiger partial charge >= 0.3 is 0 Å². The number of hydrogen-bond donors (Lipinski definition) is 0. The van der Waals surface area contributed by atoms with Gasteiger partial charge in [0.05, 0.1) is 0 Å². The van der Waals surface area contributed by atoms with Gasteiger partial charge in [-0.2, -0.15) is 0 Å². The first-order valence-electron chi connectivity index (χ1n) is 17.7. The minimum Gasteiger partial charge on any atom is -0.0623 e. The number of rotatable bonds is 7. The summed E-state index contributed by atoms with van der Waals surface area (Å²) in [5, 5.41) is 10.6. The Kier molecular flexibility index (Phi) is 7.96. The highest BCUT2D eigenvalue weighted by molar-refractivity contribution is 7.19. The summed E-state index contributed by atoms with van der Waals surface area (Å²) in [6, 6.07) is 80.6. The molecule has 0 bridgehead atoms. The van der Waals surface area contributed by atoms with E-state index in [1.165, 1.54) is 75.7 Å². The van der Waals surface area contributed by atoms with Crippen molar-refractivity contribution >= 4 is 50.4 Å². The summed E-state index contributed by atoms with van der Waals surface area (Å²) in [6.45, 7) is 0. The van der Waals surface area contributed by atoms with Crippen molar-refractivity contribution in [1.29, 1.82) is 0 Å². The van der Waals surface area contributed by atoms with E-state index in [1.807, 2.05) is 0 Å². The molecule has 0 atom stereocenters. The van der Waals surface area contributed by atoms with E-state index < -0.39 is 8.07 Å². The lowest BCUT2D eigenvalue weighted by molar-refractivity contribution is 1.63. The zero-order valence-corrected chi connectivity index (χ0v) is 29.3. The SMILES string of the molecule is c1ccc(-c2c3ccccc3c(-c3ccccc3)c3cc(-c4ccc([Si](c5ccccc5)(c5ccccc5)c5ccccc5)cc4)ccc23)cc1. The van der Waals surface area contributed by atoms with Crippen molar-refractivity contribution in [2.45, 2.75) is 0 Å². The number of benzene rings is 9. The van der Waals surface area contributed by atoms with Crippen LogP contribution in [0.1, 0.15) is 0 Å². The molecular formula is C50H36Si. The molecule has 9 aromatic carbocycles. The Morgan fingerprint density at radius 1 is 0.216 bits per heavy atom. The standard InChI is InChI=1S/C50H36Si/c1-6-18-38(19-7-1)49-45-28-16-17-29-46(45)50(39-20-8-2-9-21-39)48-36-40(32-35-47(48)49)37-30-33-44(34-31-37)51(41-22-10-3-11-23-41,42-24-12-4-13-25-42)43-26-14-5-15-27-43/h1-36H. The van der Waals surface area contributed by atoms with Gasteiger partial charge in [0.15, 0.2) is 8.07 Å². The predicted octanol–water partition coefficient (Wildman–Crippen LogP) is 10.4. The smallest absolute Gasteiger partial charge is 0.0623 e. The van der Waals surface area contributed by atoms with Gasteiger partial charge in [-0.15, -0.1) is 0 Å². The van der Waals surface area contributed by atoms with E-state index in [4.69, 9.17) is 0 Å². The molecule has 51 heavy (non-hydrogen) atoms. The summed E-state index contributed by atoms with van der Waals surface area (Å²) >= 11 is 0. The zero-order valence-electron chi connectivity index (χ0n) is 28.3. The second-order valence-electron chi connectivity index (χ2n) is 13.2. The van der Waals surface area contributed by atoms with Crippen LogP contribution in [0.4, 0.5) is 0 Å². The highest BCUT2D eigenvalue weighted by Crippen LogP contribution is 2.44. The maximum atomic E-state index is 2.42. The van der Waals surface area contributed by atoms with Crippen molar-refractivity contribution in [2.24, 2.45) is 0 Å². The van der Waals surface area contributed by atoms with Gasteiger partial charge in [0.25, 0.3) is 0 Å². The van der Waals surface area contributed by atoms with Crippen LogP contribution in [0.5, 0.6) is 0 Å². The third-order valence-corrected chi connectivity index (χ3v) is 15.2. The Hall–Kier alpha value is -6.28. The zero-order chi connectivity index (χ0) is 34.0. The van der Waals surface area contributed by atoms with E-state index in [0.29, 0.717) is 0 Å². The fourth-order valence-electron chi connectivity index (χ4n) is 8.17. The van der Waals surface area contributed by atoms with Crippen LogP contribution in [0.15, 0.2) is 218 Å². The fraction of sp³-hybridized carbons (Fsp3) is 0. The molecule has 0 nitrogen and oxygen atoms in total. The lowest BCUT2D eigenvalue weighted by atomic mass is 9.85. The van der Waals surface area contributed by atoms with Gasteiger partial charge in [0, 0.05) is 0 Å². The summed E-state index contributed by atoms with van der Waals surface area (Å²) in [5.41, 5.74) is 7.46. The highest BCUT2D eigenvalue weighted by Gasteiger charge is 2.41. The lowest BCUT2D eigenvalue weighted by Gasteiger charge is -2.34. The minimum atomic E-state index is -2.60. The van der Waals surface area contributed by atoms with Crippen molar-refractivity contribution in [1.82, 2.24) is 0 Å². The molecule has 0 fully saturated rings. The van der Waals surface area contributed by atoms with Crippen molar-refractivity contribution in [3.05, 3.63) is 218 Å². The van der Waals surface area contributed by atoms with Crippen LogP contribution in [0.2, 0.25) is 0 Å². The Labute approximate surface area is 301 Å². The van der Waals surface area contributed by atoms with Crippen LogP contribution in [0.25, 0.3) is 54.9 Å². The molecule has 0 aliphatic rings. The van der Waals surface area contributed by atoms with Crippen LogP contribution in [0.3, 0.4) is 0 Å². The number of hydrogen-bond acceptors (Lipinski definition) is 0. The molecule has 0 radical (unpaired) electrons. The molecule has 0 heterocycles. The van der Waals surface area contributed by atoms with Gasteiger partial charge in [-0.05, 0) is 81.7 Å². The van der Waals surface area contributed by atoms with E-state index in [-0.39, 0.29) is 0 Å². The molecule has 0 spiro atoms. The molecule has 9 rings (SSSR count). The molecule has 0 saturated carbocycles. The molecule has 0 aliphatic heterocycles. The van der Waals surface area contributed by atoms with E-state index >= 15 is 0 Å². The Balaban J connectivity index is 1.27. The van der Waals surface area contributed by atoms with Crippen molar-refractivity contribution in [3.8, 4) is 33.4 Å². The Morgan fingerprint density at radius 2 is 0.549 bits per heavy atom. The number of fused-ring (bicyclic) bond motifs is 2. The first-order valence-corrected chi connectivity index (χ1v) is 19.7. The average molecular weight is 665 g/mol. The third kappa shape index (κ3) is 5.31. The largest absolute Gasteiger partial charge is 0.179 e. The molecule has 0 amide bonds. The van der Waals surface area contributed by atoms with Crippen LogP contribution in [0, 0.1) is 0 Å². The van der Waals surface area contributed by atoms with Crippen molar-refractivity contribution < 1.29 is 0 Å². The molecule has 0 N–H and O–H groups in total. The summed E-state index contributed by atoms with van der Waals surface area (Å²) < 4.78 is 0.